The molecule has 176 valence electrons. The zero-order chi connectivity index (χ0) is 23.5. The predicted octanol–water partition coefficient (Wildman–Crippen LogP) is 4.04. The van der Waals surface area contributed by atoms with Crippen molar-refractivity contribution in [2.75, 3.05) is 13.1 Å². The largest absolute Gasteiger partial charge is 0.467 e. The summed E-state index contributed by atoms with van der Waals surface area (Å²) >= 11 is 6.02. The molecule has 0 radical (unpaired) electrons. The van der Waals surface area contributed by atoms with Crippen LogP contribution in [0.3, 0.4) is 0 Å². The molecule has 7 heteroatoms. The van der Waals surface area contributed by atoms with Crippen LogP contribution >= 0.6 is 11.6 Å². The molecule has 3 aromatic rings. The zero-order valence-electron chi connectivity index (χ0n) is 19.0. The van der Waals surface area contributed by atoms with E-state index in [1.165, 1.54) is 5.56 Å². The number of likely N-dealkylation sites (tertiary alicyclic amines) is 1. The van der Waals surface area contributed by atoms with Crippen LogP contribution in [0.1, 0.15) is 29.7 Å². The van der Waals surface area contributed by atoms with Crippen molar-refractivity contribution in [3.8, 4) is 0 Å². The molecule has 3 heterocycles. The first-order valence-corrected chi connectivity index (χ1v) is 12.1. The van der Waals surface area contributed by atoms with Gasteiger partial charge in [0.1, 0.15) is 17.3 Å². The van der Waals surface area contributed by atoms with E-state index < -0.39 is 11.6 Å². The van der Waals surface area contributed by atoms with Gasteiger partial charge in [0.2, 0.25) is 11.8 Å². The van der Waals surface area contributed by atoms with Gasteiger partial charge in [0.25, 0.3) is 0 Å². The van der Waals surface area contributed by atoms with Gasteiger partial charge in [-0.1, -0.05) is 54.1 Å². The van der Waals surface area contributed by atoms with Crippen LogP contribution in [-0.4, -0.2) is 46.3 Å². The summed E-state index contributed by atoms with van der Waals surface area (Å²) in [6.07, 6.45) is 3.24. The van der Waals surface area contributed by atoms with Crippen molar-refractivity contribution in [3.63, 3.8) is 0 Å². The Hall–Kier alpha value is -3.09. The van der Waals surface area contributed by atoms with E-state index in [4.69, 9.17) is 16.0 Å². The fourth-order valence-electron chi connectivity index (χ4n) is 5.08. The lowest BCUT2D eigenvalue weighted by molar-refractivity contribution is -0.162. The quantitative estimate of drug-likeness (QED) is 0.582. The highest BCUT2D eigenvalue weighted by atomic mass is 35.5. The molecule has 1 N–H and O–H groups in total. The Labute approximate surface area is 204 Å². The van der Waals surface area contributed by atoms with Crippen LogP contribution in [0.2, 0.25) is 5.02 Å². The minimum Gasteiger partial charge on any atom is -0.467 e. The molecule has 6 nitrogen and oxygen atoms in total. The molecule has 1 spiro atoms. The van der Waals surface area contributed by atoms with E-state index in [0.29, 0.717) is 31.6 Å². The second-order valence-corrected chi connectivity index (χ2v) is 9.59. The third-order valence-electron chi connectivity index (χ3n) is 6.99. The normalized spacial score (nSPS) is 20.5. The first-order valence-electron chi connectivity index (χ1n) is 11.7. The van der Waals surface area contributed by atoms with Crippen LogP contribution in [0, 0.1) is 0 Å². The van der Waals surface area contributed by atoms with E-state index >= 15 is 0 Å². The Morgan fingerprint density at radius 2 is 1.65 bits per heavy atom. The Bertz CT molecular complexity index is 1120. The number of carbonyl (C=O) groups excluding carboxylic acids is 2. The maximum atomic E-state index is 13.7. The molecule has 1 unspecified atom stereocenters. The van der Waals surface area contributed by atoms with Gasteiger partial charge in [-0.05, 0) is 48.2 Å². The molecule has 0 bridgehead atoms. The average molecular weight is 478 g/mol. The SMILES string of the molecule is O=C1C(Cc2ccccc2)NC(=O)C2(CCN(Cc3ccc(Cl)cc3)CC2)N1Cc1ccco1. The third-order valence-corrected chi connectivity index (χ3v) is 7.24. The second kappa shape index (κ2) is 9.65. The second-order valence-electron chi connectivity index (χ2n) is 9.15. The van der Waals surface area contributed by atoms with Crippen molar-refractivity contribution >= 4 is 23.4 Å². The molecule has 0 aliphatic carbocycles. The van der Waals surface area contributed by atoms with Gasteiger partial charge < -0.3 is 14.6 Å². The van der Waals surface area contributed by atoms with Crippen molar-refractivity contribution in [1.29, 1.82) is 0 Å². The lowest BCUT2D eigenvalue weighted by Gasteiger charge is -2.51. The molecule has 2 aliphatic heterocycles. The van der Waals surface area contributed by atoms with Crippen LogP contribution in [-0.2, 0) is 29.1 Å². The Kier molecular flexibility index (Phi) is 6.44. The molecule has 1 atom stereocenters. The summed E-state index contributed by atoms with van der Waals surface area (Å²) in [6, 6.07) is 20.7. The lowest BCUT2D eigenvalue weighted by Crippen LogP contribution is -2.72. The van der Waals surface area contributed by atoms with Crippen molar-refractivity contribution < 1.29 is 14.0 Å². The summed E-state index contributed by atoms with van der Waals surface area (Å²) in [5, 5.41) is 3.78. The number of furan rings is 1. The van der Waals surface area contributed by atoms with Gasteiger partial charge in [-0.15, -0.1) is 0 Å². The maximum absolute atomic E-state index is 13.7. The van der Waals surface area contributed by atoms with E-state index in [0.717, 1.165) is 30.2 Å². The summed E-state index contributed by atoms with van der Waals surface area (Å²) in [4.78, 5) is 31.4. The Balaban J connectivity index is 1.35. The molecule has 2 amide bonds. The first kappa shape index (κ1) is 22.7. The van der Waals surface area contributed by atoms with Crippen LogP contribution in [0.4, 0.5) is 0 Å². The van der Waals surface area contributed by atoms with E-state index in [2.05, 4.69) is 10.2 Å². The van der Waals surface area contributed by atoms with E-state index in [-0.39, 0.29) is 11.8 Å². The molecule has 0 saturated carbocycles. The van der Waals surface area contributed by atoms with Crippen LogP contribution in [0.5, 0.6) is 0 Å². The number of nitrogens with zero attached hydrogens (tertiary/aromatic N) is 2. The Morgan fingerprint density at radius 1 is 0.912 bits per heavy atom. The standard InChI is InChI=1S/C27H28ClN3O3/c28-22-10-8-21(9-11-22)18-30-14-12-27(13-15-30)26(33)29-24(17-20-5-2-1-3-6-20)25(32)31(27)19-23-7-4-16-34-23/h1-11,16,24H,12-15,17-19H2,(H,29,33). The number of carbonyl (C=O) groups is 2. The minimum atomic E-state index is -0.868. The fourth-order valence-corrected chi connectivity index (χ4v) is 5.20. The maximum Gasteiger partial charge on any atom is 0.246 e. The van der Waals surface area contributed by atoms with Crippen LogP contribution in [0.25, 0.3) is 0 Å². The highest BCUT2D eigenvalue weighted by Gasteiger charge is 2.53. The molecular weight excluding hydrogens is 450 g/mol. The number of halogens is 1. The number of hydrogen-bond donors (Lipinski definition) is 1. The number of rotatable bonds is 6. The minimum absolute atomic E-state index is 0.0500. The molecule has 2 aromatic carbocycles. The van der Waals surface area contributed by atoms with Crippen LogP contribution < -0.4 is 5.32 Å². The smallest absolute Gasteiger partial charge is 0.246 e. The zero-order valence-corrected chi connectivity index (χ0v) is 19.7. The van der Waals surface area contributed by atoms with E-state index in [1.54, 1.807) is 11.2 Å². The molecule has 34 heavy (non-hydrogen) atoms. The molecule has 2 fully saturated rings. The first-order chi connectivity index (χ1) is 16.5. The number of benzene rings is 2. The summed E-state index contributed by atoms with van der Waals surface area (Å²) in [5.41, 5.74) is 1.33. The molecular formula is C27H28ClN3O3. The molecule has 2 saturated heterocycles. The topological polar surface area (TPSA) is 65.8 Å². The Morgan fingerprint density at radius 3 is 2.32 bits per heavy atom. The average Bonchev–Trinajstić information content (AvgIpc) is 3.37. The van der Waals surface area contributed by atoms with E-state index in [1.807, 2.05) is 66.7 Å². The van der Waals surface area contributed by atoms with Gasteiger partial charge in [-0.3, -0.25) is 14.5 Å². The number of nitrogens with one attached hydrogen (secondary N) is 1. The van der Waals surface area contributed by atoms with Gasteiger partial charge in [0.05, 0.1) is 12.8 Å². The summed E-state index contributed by atoms with van der Waals surface area (Å²) in [7, 11) is 0. The van der Waals surface area contributed by atoms with Gasteiger partial charge >= 0.3 is 0 Å². The van der Waals surface area contributed by atoms with Gasteiger partial charge in [0, 0.05) is 31.1 Å². The third kappa shape index (κ3) is 4.61. The highest BCUT2D eigenvalue weighted by molar-refractivity contribution is 6.30. The number of amides is 2. The van der Waals surface area contributed by atoms with E-state index in [9.17, 15) is 9.59 Å². The van der Waals surface area contributed by atoms with Gasteiger partial charge in [-0.2, -0.15) is 0 Å². The number of piperidine rings is 1. The van der Waals surface area contributed by atoms with Crippen molar-refractivity contribution in [1.82, 2.24) is 15.1 Å². The molecule has 5 rings (SSSR count). The lowest BCUT2D eigenvalue weighted by atomic mass is 9.81. The predicted molar refractivity (Wildman–Crippen MR) is 130 cm³/mol. The number of hydrogen-bond acceptors (Lipinski definition) is 4. The number of piperazine rings is 1. The summed E-state index contributed by atoms with van der Waals surface area (Å²) in [5.74, 6) is 0.571. The van der Waals surface area contributed by atoms with Crippen LogP contribution in [0.15, 0.2) is 77.4 Å². The van der Waals surface area contributed by atoms with Crippen molar-refractivity contribution in [2.45, 2.75) is 43.9 Å². The van der Waals surface area contributed by atoms with Crippen molar-refractivity contribution in [2.24, 2.45) is 0 Å². The summed E-state index contributed by atoms with van der Waals surface area (Å²) in [6.45, 7) is 2.53. The van der Waals surface area contributed by atoms with Crippen molar-refractivity contribution in [3.05, 3.63) is 94.9 Å². The van der Waals surface area contributed by atoms with Gasteiger partial charge in [0.15, 0.2) is 0 Å². The molecule has 2 aliphatic rings. The summed E-state index contributed by atoms with van der Waals surface area (Å²) < 4.78 is 5.57. The van der Waals surface area contributed by atoms with Gasteiger partial charge in [-0.25, -0.2) is 0 Å². The molecule has 1 aromatic heterocycles. The monoisotopic (exact) mass is 477 g/mol. The fraction of sp³-hybridized carbons (Fsp3) is 0.333. The highest BCUT2D eigenvalue weighted by Crippen LogP contribution is 2.35.